The van der Waals surface area contributed by atoms with Crippen LogP contribution in [-0.4, -0.2) is 123 Å². The molecule has 6 aromatic carbocycles. The van der Waals surface area contributed by atoms with Gasteiger partial charge in [-0.3, -0.25) is 0 Å². The molecule has 3 heterocycles. The number of carbonyl (C=O) groups excluding carboxylic acids is 8. The summed E-state index contributed by atoms with van der Waals surface area (Å²) in [5.41, 5.74) is 8.91. The number of carboxylic acids is 3. The lowest BCUT2D eigenvalue weighted by atomic mass is 9.89. The fourth-order valence-corrected chi connectivity index (χ4v) is 9.18. The van der Waals surface area contributed by atoms with Crippen LogP contribution in [0.2, 0.25) is 0 Å². The van der Waals surface area contributed by atoms with Gasteiger partial charge in [0.15, 0.2) is 0 Å². The summed E-state index contributed by atoms with van der Waals surface area (Å²) in [6.07, 6.45) is 0.500. The summed E-state index contributed by atoms with van der Waals surface area (Å²) < 4.78 is 20.8. The maximum Gasteiger partial charge on any atom is 0.373 e. The first-order valence-corrected chi connectivity index (χ1v) is 26.4. The van der Waals surface area contributed by atoms with Crippen LogP contribution < -0.4 is 44.8 Å². The van der Waals surface area contributed by atoms with Gasteiger partial charge in [-0.2, -0.15) is 19.2 Å². The van der Waals surface area contributed by atoms with Crippen molar-refractivity contribution in [1.29, 1.82) is 0 Å². The number of phenolic OH excluding ortho intramolecular Hbond substituents is 1. The van der Waals surface area contributed by atoms with Gasteiger partial charge in [0.2, 0.25) is 10.7 Å². The molecule has 3 aliphatic heterocycles. The molecule has 0 atom stereocenters. The Morgan fingerprint density at radius 2 is 0.864 bits per heavy atom. The van der Waals surface area contributed by atoms with E-state index in [1.807, 2.05) is 191 Å². The summed E-state index contributed by atoms with van der Waals surface area (Å²) in [4.78, 5) is 95.3. The molecule has 21 heteroatoms. The molecule has 88 heavy (non-hydrogen) atoms. The van der Waals surface area contributed by atoms with Gasteiger partial charge in [0, 0.05) is 128 Å². The number of carboxylic acid groups (broad SMARTS) is 3. The molecular formula is C67H59N5O16. The van der Waals surface area contributed by atoms with Crippen LogP contribution in [-0.2, 0) is 23.9 Å². The van der Waals surface area contributed by atoms with E-state index in [-0.39, 0.29) is 29.0 Å². The molecule has 2 aliphatic carbocycles. The van der Waals surface area contributed by atoms with Gasteiger partial charge in [0.25, 0.3) is 0 Å². The number of hydrogen-bond donors (Lipinski definition) is 2. The van der Waals surface area contributed by atoms with Gasteiger partial charge >= 0.3 is 30.2 Å². The number of aromatic carboxylic acids is 3. The first-order chi connectivity index (χ1) is 41.8. The smallest absolute Gasteiger partial charge is 0.373 e. The van der Waals surface area contributed by atoms with Crippen LogP contribution in [0.25, 0.3) is 66.8 Å². The molecule has 5 aliphatic rings. The second-order valence-electron chi connectivity index (χ2n) is 20.2. The number of hydrogen-bond acceptors (Lipinski definition) is 18. The molecule has 11 rings (SSSR count). The maximum atomic E-state index is 12.1. The largest absolute Gasteiger partial charge is 0.545 e. The van der Waals surface area contributed by atoms with E-state index in [1.54, 1.807) is 48.5 Å². The number of anilines is 3. The van der Waals surface area contributed by atoms with Crippen LogP contribution in [0.4, 0.5) is 17.1 Å². The highest BCUT2D eigenvalue weighted by molar-refractivity contribution is 6.15. The highest BCUT2D eigenvalue weighted by Crippen LogP contribution is 2.44. The van der Waals surface area contributed by atoms with E-state index in [0.29, 0.717) is 56.3 Å². The lowest BCUT2D eigenvalue weighted by Crippen LogP contribution is -2.23. The van der Waals surface area contributed by atoms with Gasteiger partial charge in [-0.15, -0.1) is 0 Å². The van der Waals surface area contributed by atoms with Gasteiger partial charge < -0.3 is 58.3 Å². The second kappa shape index (κ2) is 29.1. The summed E-state index contributed by atoms with van der Waals surface area (Å²) >= 11 is 0. The highest BCUT2D eigenvalue weighted by atomic mass is 16.6. The third kappa shape index (κ3) is 15.3. The minimum absolute atomic E-state index is 0.117. The molecule has 0 saturated carbocycles. The van der Waals surface area contributed by atoms with Crippen LogP contribution in [0.5, 0.6) is 5.75 Å². The Morgan fingerprint density at radius 1 is 0.455 bits per heavy atom. The summed E-state index contributed by atoms with van der Waals surface area (Å²) in [6, 6.07) is 48.0. The Morgan fingerprint density at radius 3 is 1.25 bits per heavy atom. The summed E-state index contributed by atoms with van der Waals surface area (Å²) in [5, 5.41) is 45.5. The van der Waals surface area contributed by atoms with Gasteiger partial charge in [-0.05, 0) is 83.4 Å². The number of aromatic hydroxyl groups is 1. The third-order valence-corrected chi connectivity index (χ3v) is 13.5. The zero-order chi connectivity index (χ0) is 64.7. The minimum atomic E-state index is -1.43. The molecule has 21 nitrogen and oxygen atoms in total. The SMILES string of the molecule is CN(C)c1ccc2c(-c3ccc(C(=O)[O-])cc3C(=O)O)c3ccc(=[N+](C)C)cc-3oc2c1.CN(C)c1ccc2c(-c3ccccc3C(=O)[O-])c3ccc(=[N+](C)C)cc-3oc2c1.CN(C)c1cccc(O)c1.O=C1OC(=O)c2ccccc21.O=C=O.O=C=O. The van der Waals surface area contributed by atoms with Crippen LogP contribution in [0.3, 0.4) is 0 Å². The van der Waals surface area contributed by atoms with Crippen molar-refractivity contribution in [2.24, 2.45) is 0 Å². The Hall–Kier alpha value is -11.8. The lowest BCUT2D eigenvalue weighted by Gasteiger charge is -2.19. The summed E-state index contributed by atoms with van der Waals surface area (Å²) in [7, 11) is 19.5. The first-order valence-electron chi connectivity index (χ1n) is 26.4. The summed E-state index contributed by atoms with van der Waals surface area (Å²) in [5.74, 6) is -3.35. The molecule has 0 saturated heterocycles. The zero-order valence-corrected chi connectivity index (χ0v) is 49.4. The number of phenols is 1. The predicted octanol–water partition coefficient (Wildman–Crippen LogP) is 6.32. The zero-order valence-electron chi connectivity index (χ0n) is 49.4. The van der Waals surface area contributed by atoms with E-state index >= 15 is 0 Å². The van der Waals surface area contributed by atoms with Crippen molar-refractivity contribution >= 4 is 81.2 Å². The van der Waals surface area contributed by atoms with Crippen molar-refractivity contribution in [3.05, 3.63) is 202 Å². The number of benzene rings is 8. The Labute approximate surface area is 503 Å². The number of rotatable bonds is 8. The normalized spacial score (nSPS) is 10.7. The number of fused-ring (bicyclic) bond motifs is 5. The molecule has 6 aromatic rings. The standard InChI is InChI=1S/C25H22N2O5.C24H22N2O3.C8H11NO.C8H4O3.2CO2/c1-26(2)15-6-9-18-21(12-15)32-22-13-16(27(3)4)7-10-19(22)23(18)17-8-5-14(24(28)29)11-20(17)25(30)31;1-25(2)15-9-11-19-21(13-15)29-22-14-16(26(3)4)10-12-20(22)23(19)17-7-5-6-8-18(17)24(27)28;1-9(2)7-4-3-5-8(10)6-7;9-7-5-3-1-2-4-6(5)8(10)11-7;2*2-1-3/h5-13H,1-4H3,(H-,28,29,30,31);5-14H,1-4H3;3-6,10H,1-2H3;1-4H;;. The lowest BCUT2D eigenvalue weighted by molar-refractivity contribution is -0.256. The molecule has 448 valence electrons. The van der Waals surface area contributed by atoms with Gasteiger partial charge in [0.05, 0.1) is 40.8 Å². The monoisotopic (exact) mass is 1190 g/mol. The van der Waals surface area contributed by atoms with Crippen molar-refractivity contribution in [2.75, 3.05) is 85.2 Å². The molecule has 0 bridgehead atoms. The molecular weight excluding hydrogens is 1130 g/mol. The first kappa shape index (κ1) is 65.4. The van der Waals surface area contributed by atoms with Crippen LogP contribution in [0.15, 0.2) is 173 Å². The quantitative estimate of drug-likeness (QED) is 0.0728. The van der Waals surface area contributed by atoms with Gasteiger partial charge in [0.1, 0.15) is 56.6 Å². The van der Waals surface area contributed by atoms with Crippen molar-refractivity contribution in [3.8, 4) is 50.7 Å². The predicted molar refractivity (Wildman–Crippen MR) is 324 cm³/mol. The number of ether oxygens (including phenoxy) is 1. The average molecular weight is 1190 g/mol. The Kier molecular flexibility index (Phi) is 21.6. The maximum absolute atomic E-state index is 12.1. The number of carbonyl (C=O) groups is 5. The molecule has 0 radical (unpaired) electrons. The van der Waals surface area contributed by atoms with Crippen molar-refractivity contribution in [3.63, 3.8) is 0 Å². The van der Waals surface area contributed by atoms with E-state index in [2.05, 4.69) is 4.74 Å². The molecule has 2 N–H and O–H groups in total. The van der Waals surface area contributed by atoms with Gasteiger partial charge in [-0.1, -0.05) is 54.6 Å². The minimum Gasteiger partial charge on any atom is -0.545 e. The van der Waals surface area contributed by atoms with E-state index in [1.165, 1.54) is 12.1 Å². The third-order valence-electron chi connectivity index (χ3n) is 13.5. The molecule has 0 fully saturated rings. The number of esters is 2. The van der Waals surface area contributed by atoms with Crippen LogP contribution in [0, 0.1) is 0 Å². The second-order valence-corrected chi connectivity index (χ2v) is 20.2. The topological polar surface area (TPSA) is 291 Å². The number of nitrogens with zero attached hydrogens (tertiary/aromatic N) is 5. The van der Waals surface area contributed by atoms with Crippen LogP contribution >= 0.6 is 0 Å². The molecule has 0 aromatic heterocycles. The Balaban J connectivity index is 0.000000199. The van der Waals surface area contributed by atoms with Crippen molar-refractivity contribution in [1.82, 2.24) is 9.15 Å². The van der Waals surface area contributed by atoms with Crippen molar-refractivity contribution < 1.29 is 77.1 Å². The fraction of sp³-hybridized carbons (Fsp3) is 0.149. The molecule has 0 spiro atoms. The van der Waals surface area contributed by atoms with E-state index < -0.39 is 29.8 Å². The average Bonchev–Trinajstić information content (AvgIpc) is 0.964. The molecule has 0 unspecified atom stereocenters. The van der Waals surface area contributed by atoms with E-state index in [4.69, 9.17) is 33.1 Å². The van der Waals surface area contributed by atoms with Gasteiger partial charge in [-0.25, -0.2) is 23.5 Å². The number of cyclic esters (lactones) is 2. The molecule has 0 amide bonds. The van der Waals surface area contributed by atoms with E-state index in [0.717, 1.165) is 61.3 Å². The van der Waals surface area contributed by atoms with Crippen LogP contribution in [0.1, 0.15) is 51.8 Å². The highest BCUT2D eigenvalue weighted by Gasteiger charge is 2.29. The fourth-order valence-electron chi connectivity index (χ4n) is 9.18. The van der Waals surface area contributed by atoms with Crippen molar-refractivity contribution in [2.45, 2.75) is 0 Å². The van der Waals surface area contributed by atoms with E-state index in [9.17, 15) is 39.3 Å². The summed E-state index contributed by atoms with van der Waals surface area (Å²) in [6.45, 7) is 0. The Bertz CT molecular complexity index is 4400.